The normalized spacial score (nSPS) is 12.9. The summed E-state index contributed by atoms with van der Waals surface area (Å²) in [6.07, 6.45) is 1.48. The van der Waals surface area contributed by atoms with Gasteiger partial charge < -0.3 is 0 Å². The Balaban J connectivity index is 2.35. The molecule has 1 heterocycles. The summed E-state index contributed by atoms with van der Waals surface area (Å²) in [5.74, 6) is 2.95. The molecule has 0 bridgehead atoms. The van der Waals surface area contributed by atoms with Gasteiger partial charge in [-0.05, 0) is 13.8 Å². The van der Waals surface area contributed by atoms with Crippen LogP contribution >= 0.6 is 0 Å². The summed E-state index contributed by atoms with van der Waals surface area (Å²) in [5.41, 5.74) is 2.02. The SMILES string of the molecule is CC(C)n1ncnc1CC(NN)c1c(F)cc(F)cc1F. The molecule has 1 unspecified atom stereocenters. The first-order valence-corrected chi connectivity index (χ1v) is 6.43. The Morgan fingerprint density at radius 3 is 2.38 bits per heavy atom. The summed E-state index contributed by atoms with van der Waals surface area (Å²) < 4.78 is 42.2. The van der Waals surface area contributed by atoms with E-state index in [9.17, 15) is 13.2 Å². The largest absolute Gasteiger partial charge is 0.271 e. The van der Waals surface area contributed by atoms with Gasteiger partial charge in [0, 0.05) is 30.2 Å². The van der Waals surface area contributed by atoms with Crippen molar-refractivity contribution < 1.29 is 13.2 Å². The lowest BCUT2D eigenvalue weighted by Gasteiger charge is -2.18. The maximum Gasteiger partial charge on any atom is 0.138 e. The molecule has 2 aromatic rings. The first-order chi connectivity index (χ1) is 9.93. The number of nitrogens with one attached hydrogen (secondary N) is 1. The van der Waals surface area contributed by atoms with Crippen LogP contribution in [0.25, 0.3) is 0 Å². The van der Waals surface area contributed by atoms with Crippen molar-refractivity contribution in [3.8, 4) is 0 Å². The zero-order valence-electron chi connectivity index (χ0n) is 11.6. The third-order valence-corrected chi connectivity index (χ3v) is 3.12. The Hall–Kier alpha value is -1.93. The third-order valence-electron chi connectivity index (χ3n) is 3.12. The first kappa shape index (κ1) is 15.5. The van der Waals surface area contributed by atoms with Crippen LogP contribution in [0.3, 0.4) is 0 Å². The standard InChI is InChI=1S/C13H16F3N5/c1-7(2)21-12(18-6-19-21)5-11(20-17)13-9(15)3-8(14)4-10(13)16/h3-4,6-7,11,20H,5,17H2,1-2H3. The van der Waals surface area contributed by atoms with E-state index in [-0.39, 0.29) is 18.0 Å². The fraction of sp³-hybridized carbons (Fsp3) is 0.385. The molecule has 2 rings (SSSR count). The molecule has 0 aliphatic heterocycles. The van der Waals surface area contributed by atoms with Crippen LogP contribution in [0.5, 0.6) is 0 Å². The maximum absolute atomic E-state index is 13.8. The second-order valence-electron chi connectivity index (χ2n) is 4.92. The molecule has 0 aliphatic carbocycles. The topological polar surface area (TPSA) is 68.8 Å². The minimum absolute atomic E-state index is 0.0452. The summed E-state index contributed by atoms with van der Waals surface area (Å²) in [6.45, 7) is 3.81. The van der Waals surface area contributed by atoms with Gasteiger partial charge in [-0.15, -0.1) is 0 Å². The lowest BCUT2D eigenvalue weighted by molar-refractivity contribution is 0.435. The molecule has 0 aliphatic rings. The Labute approximate surface area is 119 Å². The van der Waals surface area contributed by atoms with Gasteiger partial charge in [0.05, 0.1) is 6.04 Å². The van der Waals surface area contributed by atoms with Crippen LogP contribution in [-0.4, -0.2) is 14.8 Å². The van der Waals surface area contributed by atoms with Gasteiger partial charge in [0.25, 0.3) is 0 Å². The van der Waals surface area contributed by atoms with E-state index in [4.69, 9.17) is 5.84 Å². The summed E-state index contributed by atoms with van der Waals surface area (Å²) in [6, 6.07) is 0.405. The van der Waals surface area contributed by atoms with Crippen molar-refractivity contribution in [2.24, 2.45) is 5.84 Å². The van der Waals surface area contributed by atoms with E-state index >= 15 is 0 Å². The number of benzene rings is 1. The number of aromatic nitrogens is 3. The van der Waals surface area contributed by atoms with Crippen LogP contribution in [0.1, 0.15) is 37.3 Å². The number of hydrogen-bond donors (Lipinski definition) is 2. The molecular weight excluding hydrogens is 283 g/mol. The van der Waals surface area contributed by atoms with Gasteiger partial charge in [-0.3, -0.25) is 11.3 Å². The average Bonchev–Trinajstić information content (AvgIpc) is 2.84. The number of halogens is 3. The van der Waals surface area contributed by atoms with Crippen molar-refractivity contribution in [3.63, 3.8) is 0 Å². The second-order valence-corrected chi connectivity index (χ2v) is 4.92. The number of hydrazine groups is 1. The minimum Gasteiger partial charge on any atom is -0.271 e. The van der Waals surface area contributed by atoms with Crippen molar-refractivity contribution in [1.29, 1.82) is 0 Å². The first-order valence-electron chi connectivity index (χ1n) is 6.43. The van der Waals surface area contributed by atoms with Gasteiger partial charge in [0.15, 0.2) is 0 Å². The summed E-state index contributed by atoms with van der Waals surface area (Å²) in [5, 5.41) is 4.05. The second kappa shape index (κ2) is 6.23. The van der Waals surface area contributed by atoms with E-state index in [1.165, 1.54) is 6.33 Å². The number of rotatable bonds is 5. The van der Waals surface area contributed by atoms with Crippen LogP contribution in [0.4, 0.5) is 13.2 Å². The fourth-order valence-corrected chi connectivity index (χ4v) is 2.16. The predicted octanol–water partition coefficient (Wildman–Crippen LogP) is 2.02. The molecule has 5 nitrogen and oxygen atoms in total. The monoisotopic (exact) mass is 299 g/mol. The molecule has 1 atom stereocenters. The number of hydrogen-bond acceptors (Lipinski definition) is 4. The van der Waals surface area contributed by atoms with E-state index in [1.807, 2.05) is 13.8 Å². The van der Waals surface area contributed by atoms with Crippen LogP contribution in [0, 0.1) is 17.5 Å². The summed E-state index contributed by atoms with van der Waals surface area (Å²) in [7, 11) is 0. The average molecular weight is 299 g/mol. The Bertz CT molecular complexity index is 603. The quantitative estimate of drug-likeness (QED) is 0.655. The Morgan fingerprint density at radius 2 is 1.86 bits per heavy atom. The highest BCUT2D eigenvalue weighted by Gasteiger charge is 2.23. The zero-order valence-corrected chi connectivity index (χ0v) is 11.6. The third kappa shape index (κ3) is 3.22. The van der Waals surface area contributed by atoms with Crippen molar-refractivity contribution in [3.05, 3.63) is 47.3 Å². The van der Waals surface area contributed by atoms with Gasteiger partial charge in [0.2, 0.25) is 0 Å². The van der Waals surface area contributed by atoms with Crippen molar-refractivity contribution in [2.45, 2.75) is 32.4 Å². The number of nitrogens with two attached hydrogens (primary N) is 1. The number of nitrogens with zero attached hydrogens (tertiary/aromatic N) is 3. The summed E-state index contributed by atoms with van der Waals surface area (Å²) in [4.78, 5) is 4.06. The van der Waals surface area contributed by atoms with E-state index in [1.54, 1.807) is 4.68 Å². The summed E-state index contributed by atoms with van der Waals surface area (Å²) >= 11 is 0. The molecule has 21 heavy (non-hydrogen) atoms. The van der Waals surface area contributed by atoms with E-state index < -0.39 is 23.5 Å². The van der Waals surface area contributed by atoms with Crippen molar-refractivity contribution >= 4 is 0 Å². The maximum atomic E-state index is 13.8. The minimum atomic E-state index is -0.994. The van der Waals surface area contributed by atoms with Crippen molar-refractivity contribution in [1.82, 2.24) is 20.2 Å². The van der Waals surface area contributed by atoms with Crippen LogP contribution < -0.4 is 11.3 Å². The van der Waals surface area contributed by atoms with Crippen LogP contribution in [0.2, 0.25) is 0 Å². The molecule has 0 saturated heterocycles. The smallest absolute Gasteiger partial charge is 0.138 e. The van der Waals surface area contributed by atoms with Gasteiger partial charge in [-0.25, -0.2) is 22.8 Å². The molecule has 0 saturated carbocycles. The molecule has 114 valence electrons. The molecule has 0 spiro atoms. The van der Waals surface area contributed by atoms with Gasteiger partial charge >= 0.3 is 0 Å². The lowest BCUT2D eigenvalue weighted by Crippen LogP contribution is -2.32. The van der Waals surface area contributed by atoms with E-state index in [0.717, 1.165) is 0 Å². The Kier molecular flexibility index (Phi) is 4.59. The molecule has 1 aromatic carbocycles. The highest BCUT2D eigenvalue weighted by atomic mass is 19.1. The highest BCUT2D eigenvalue weighted by molar-refractivity contribution is 5.25. The van der Waals surface area contributed by atoms with E-state index in [0.29, 0.717) is 18.0 Å². The lowest BCUT2D eigenvalue weighted by atomic mass is 10.0. The van der Waals surface area contributed by atoms with Gasteiger partial charge in [0.1, 0.15) is 29.6 Å². The highest BCUT2D eigenvalue weighted by Crippen LogP contribution is 2.24. The fourth-order valence-electron chi connectivity index (χ4n) is 2.16. The molecule has 8 heteroatoms. The van der Waals surface area contributed by atoms with Crippen LogP contribution in [0.15, 0.2) is 18.5 Å². The zero-order chi connectivity index (χ0) is 15.6. The molecule has 0 radical (unpaired) electrons. The van der Waals surface area contributed by atoms with Crippen molar-refractivity contribution in [2.75, 3.05) is 0 Å². The molecule has 0 amide bonds. The molecule has 3 N–H and O–H groups in total. The predicted molar refractivity (Wildman–Crippen MR) is 70.5 cm³/mol. The van der Waals surface area contributed by atoms with Crippen LogP contribution in [-0.2, 0) is 6.42 Å². The van der Waals surface area contributed by atoms with Gasteiger partial charge in [-0.1, -0.05) is 0 Å². The van der Waals surface area contributed by atoms with E-state index in [2.05, 4.69) is 15.5 Å². The van der Waals surface area contributed by atoms with Gasteiger partial charge in [-0.2, -0.15) is 5.10 Å². The molecule has 0 fully saturated rings. The Morgan fingerprint density at radius 1 is 1.24 bits per heavy atom. The molecular formula is C13H16F3N5. The molecule has 1 aromatic heterocycles.